The number of aryl methyl sites for hydroxylation is 1. The molecule has 1 aliphatic rings. The molecule has 1 unspecified atom stereocenters. The average molecular weight is 292 g/mol. The highest BCUT2D eigenvalue weighted by Gasteiger charge is 2.18. The van der Waals surface area contributed by atoms with Crippen molar-refractivity contribution in [2.45, 2.75) is 52.0 Å². The molecule has 0 aliphatic carbocycles. The lowest BCUT2D eigenvalue weighted by Crippen LogP contribution is -2.37. The first-order chi connectivity index (χ1) is 9.35. The Morgan fingerprint density at radius 2 is 2.10 bits per heavy atom. The minimum absolute atomic E-state index is 0.173. The SMILES string of the molecule is Cc1cc(CNC(C)(C)C)ccc1N1CCSC(C)C1. The van der Waals surface area contributed by atoms with Gasteiger partial charge in [0.1, 0.15) is 0 Å². The monoisotopic (exact) mass is 292 g/mol. The highest BCUT2D eigenvalue weighted by molar-refractivity contribution is 8.00. The molecule has 0 saturated carbocycles. The number of hydrogen-bond acceptors (Lipinski definition) is 3. The Kier molecular flexibility index (Phi) is 5.03. The van der Waals surface area contributed by atoms with Crippen LogP contribution in [0.15, 0.2) is 18.2 Å². The summed E-state index contributed by atoms with van der Waals surface area (Å²) in [4.78, 5) is 2.54. The van der Waals surface area contributed by atoms with Crippen molar-refractivity contribution < 1.29 is 0 Å². The quantitative estimate of drug-likeness (QED) is 0.911. The number of anilines is 1. The molecular weight excluding hydrogens is 264 g/mol. The molecular formula is C17H28N2S. The predicted molar refractivity (Wildman–Crippen MR) is 91.9 cm³/mol. The second-order valence-electron chi connectivity index (χ2n) is 6.85. The van der Waals surface area contributed by atoms with Crippen molar-refractivity contribution in [2.75, 3.05) is 23.7 Å². The third-order valence-corrected chi connectivity index (χ3v) is 4.80. The molecule has 1 atom stereocenters. The fourth-order valence-corrected chi connectivity index (χ4v) is 3.60. The topological polar surface area (TPSA) is 15.3 Å². The van der Waals surface area contributed by atoms with E-state index in [0.717, 1.165) is 11.8 Å². The number of hydrogen-bond donors (Lipinski definition) is 1. The van der Waals surface area contributed by atoms with Crippen molar-refractivity contribution in [3.63, 3.8) is 0 Å². The van der Waals surface area contributed by atoms with Crippen molar-refractivity contribution in [1.29, 1.82) is 0 Å². The van der Waals surface area contributed by atoms with E-state index in [1.54, 1.807) is 0 Å². The standard InChI is InChI=1S/C17H28N2S/c1-13-10-15(11-18-17(3,4)5)6-7-16(13)19-8-9-20-14(2)12-19/h6-7,10,14,18H,8-9,11-12H2,1-5H3. The Bertz CT molecular complexity index is 451. The van der Waals surface area contributed by atoms with Crippen LogP contribution in [0.4, 0.5) is 5.69 Å². The number of rotatable bonds is 3. The van der Waals surface area contributed by atoms with Crippen LogP contribution in [0.2, 0.25) is 0 Å². The number of benzene rings is 1. The highest BCUT2D eigenvalue weighted by Crippen LogP contribution is 2.27. The summed E-state index contributed by atoms with van der Waals surface area (Å²) in [5, 5.41) is 4.30. The Morgan fingerprint density at radius 3 is 2.70 bits per heavy atom. The van der Waals surface area contributed by atoms with Gasteiger partial charge in [0, 0.05) is 41.9 Å². The van der Waals surface area contributed by atoms with Crippen molar-refractivity contribution in [3.05, 3.63) is 29.3 Å². The molecule has 0 radical (unpaired) electrons. The molecule has 1 fully saturated rings. The normalized spacial score (nSPS) is 20.2. The van der Waals surface area contributed by atoms with Gasteiger partial charge in [0.25, 0.3) is 0 Å². The molecule has 1 saturated heterocycles. The summed E-state index contributed by atoms with van der Waals surface area (Å²) in [6, 6.07) is 6.91. The Labute approximate surface area is 128 Å². The Hall–Kier alpha value is -0.670. The average Bonchev–Trinajstić information content (AvgIpc) is 2.35. The zero-order valence-electron chi connectivity index (χ0n) is 13.5. The second kappa shape index (κ2) is 6.40. The molecule has 2 nitrogen and oxygen atoms in total. The van der Waals surface area contributed by atoms with Gasteiger partial charge in [0.2, 0.25) is 0 Å². The van der Waals surface area contributed by atoms with Crippen molar-refractivity contribution >= 4 is 17.4 Å². The first-order valence-electron chi connectivity index (χ1n) is 7.56. The second-order valence-corrected chi connectivity index (χ2v) is 8.40. The summed E-state index contributed by atoms with van der Waals surface area (Å²) in [5.41, 5.74) is 4.36. The lowest BCUT2D eigenvalue weighted by molar-refractivity contribution is 0.424. The molecule has 1 heterocycles. The fourth-order valence-electron chi connectivity index (χ4n) is 2.59. The number of thioether (sulfide) groups is 1. The lowest BCUT2D eigenvalue weighted by atomic mass is 10.1. The van der Waals surface area contributed by atoms with Crippen LogP contribution >= 0.6 is 11.8 Å². The molecule has 1 aliphatic heterocycles. The van der Waals surface area contributed by atoms with Crippen LogP contribution in [-0.4, -0.2) is 29.6 Å². The van der Waals surface area contributed by atoms with E-state index in [1.165, 1.54) is 35.7 Å². The molecule has 2 rings (SSSR count). The van der Waals surface area contributed by atoms with E-state index < -0.39 is 0 Å². The van der Waals surface area contributed by atoms with Crippen LogP contribution in [0.1, 0.15) is 38.8 Å². The van der Waals surface area contributed by atoms with Crippen molar-refractivity contribution in [2.24, 2.45) is 0 Å². The van der Waals surface area contributed by atoms with Crippen molar-refractivity contribution in [3.8, 4) is 0 Å². The summed E-state index contributed by atoms with van der Waals surface area (Å²) < 4.78 is 0. The zero-order chi connectivity index (χ0) is 14.8. The van der Waals surface area contributed by atoms with E-state index in [4.69, 9.17) is 0 Å². The minimum atomic E-state index is 0.173. The molecule has 0 amide bonds. The van der Waals surface area contributed by atoms with Gasteiger partial charge in [0.15, 0.2) is 0 Å². The molecule has 112 valence electrons. The van der Waals surface area contributed by atoms with Gasteiger partial charge in [-0.1, -0.05) is 19.1 Å². The summed E-state index contributed by atoms with van der Waals surface area (Å²) in [6.07, 6.45) is 0. The van der Waals surface area contributed by atoms with E-state index in [9.17, 15) is 0 Å². The molecule has 3 heteroatoms. The van der Waals surface area contributed by atoms with Crippen LogP contribution in [-0.2, 0) is 6.54 Å². The summed E-state index contributed by atoms with van der Waals surface area (Å²) >= 11 is 2.08. The molecule has 1 N–H and O–H groups in total. The molecule has 0 spiro atoms. The van der Waals surface area contributed by atoms with E-state index >= 15 is 0 Å². The van der Waals surface area contributed by atoms with E-state index in [1.807, 2.05) is 0 Å². The maximum Gasteiger partial charge on any atom is 0.0396 e. The van der Waals surface area contributed by atoms with Crippen LogP contribution in [0.25, 0.3) is 0 Å². The van der Waals surface area contributed by atoms with E-state index in [0.29, 0.717) is 0 Å². The minimum Gasteiger partial charge on any atom is -0.369 e. The summed E-state index contributed by atoms with van der Waals surface area (Å²) in [7, 11) is 0. The van der Waals surface area contributed by atoms with E-state index in [-0.39, 0.29) is 5.54 Å². The highest BCUT2D eigenvalue weighted by atomic mass is 32.2. The van der Waals surface area contributed by atoms with Crippen LogP contribution < -0.4 is 10.2 Å². The lowest BCUT2D eigenvalue weighted by Gasteiger charge is -2.33. The van der Waals surface area contributed by atoms with Gasteiger partial charge < -0.3 is 10.2 Å². The Morgan fingerprint density at radius 1 is 1.35 bits per heavy atom. The van der Waals surface area contributed by atoms with Crippen LogP contribution in [0, 0.1) is 6.92 Å². The first-order valence-corrected chi connectivity index (χ1v) is 8.61. The van der Waals surface area contributed by atoms with Crippen molar-refractivity contribution in [1.82, 2.24) is 5.32 Å². The van der Waals surface area contributed by atoms with Crippen LogP contribution in [0.3, 0.4) is 0 Å². The van der Waals surface area contributed by atoms with Gasteiger partial charge in [0.05, 0.1) is 0 Å². The smallest absolute Gasteiger partial charge is 0.0396 e. The van der Waals surface area contributed by atoms with Gasteiger partial charge >= 0.3 is 0 Å². The summed E-state index contributed by atoms with van der Waals surface area (Å²) in [6.45, 7) is 14.5. The van der Waals surface area contributed by atoms with Gasteiger partial charge in [-0.05, 0) is 44.9 Å². The third-order valence-electron chi connectivity index (χ3n) is 3.67. The third kappa shape index (κ3) is 4.42. The number of nitrogens with zero attached hydrogens (tertiary/aromatic N) is 1. The Balaban J connectivity index is 2.05. The van der Waals surface area contributed by atoms with Crippen LogP contribution in [0.5, 0.6) is 0 Å². The molecule has 0 aromatic heterocycles. The van der Waals surface area contributed by atoms with Gasteiger partial charge in [-0.25, -0.2) is 0 Å². The maximum absolute atomic E-state index is 3.55. The zero-order valence-corrected chi connectivity index (χ0v) is 14.3. The molecule has 1 aromatic rings. The molecule has 20 heavy (non-hydrogen) atoms. The summed E-state index contributed by atoms with van der Waals surface area (Å²) in [5.74, 6) is 1.24. The fraction of sp³-hybridized carbons (Fsp3) is 0.647. The maximum atomic E-state index is 3.55. The largest absolute Gasteiger partial charge is 0.369 e. The first kappa shape index (κ1) is 15.7. The van der Waals surface area contributed by atoms with Gasteiger partial charge in [-0.15, -0.1) is 0 Å². The number of nitrogens with one attached hydrogen (secondary N) is 1. The van der Waals surface area contributed by atoms with Gasteiger partial charge in [-0.3, -0.25) is 0 Å². The van der Waals surface area contributed by atoms with Gasteiger partial charge in [-0.2, -0.15) is 11.8 Å². The predicted octanol–water partition coefficient (Wildman–Crippen LogP) is 3.82. The van der Waals surface area contributed by atoms with E-state index in [2.05, 4.69) is 74.8 Å². The molecule has 0 bridgehead atoms. The molecule has 1 aromatic carbocycles.